The van der Waals surface area contributed by atoms with E-state index in [0.29, 0.717) is 0 Å². The number of hydrogen-bond donors (Lipinski definition) is 2. The summed E-state index contributed by atoms with van der Waals surface area (Å²) in [5, 5.41) is -0.0104. The molecular weight excluding hydrogens is 183 g/mol. The van der Waals surface area contributed by atoms with Crippen LogP contribution in [0.4, 0.5) is 10.1 Å². The quantitative estimate of drug-likeness (QED) is 0.650. The summed E-state index contributed by atoms with van der Waals surface area (Å²) < 4.78 is 12.8. The van der Waals surface area contributed by atoms with Crippen LogP contribution in [0.3, 0.4) is 0 Å². The summed E-state index contributed by atoms with van der Waals surface area (Å²) in [6, 6.07) is 2.17. The van der Waals surface area contributed by atoms with Crippen LogP contribution in [0.1, 0.15) is 10.4 Å². The number of carbonyl (C=O) groups is 1. The molecule has 1 rings (SSSR count). The van der Waals surface area contributed by atoms with Crippen molar-refractivity contribution >= 4 is 23.2 Å². The summed E-state index contributed by atoms with van der Waals surface area (Å²) in [4.78, 5) is 10.6. The molecule has 64 valence electrons. The van der Waals surface area contributed by atoms with Crippen molar-refractivity contribution in [3.8, 4) is 0 Å². The highest BCUT2D eigenvalue weighted by Gasteiger charge is 2.08. The van der Waals surface area contributed by atoms with Gasteiger partial charge < -0.3 is 11.5 Å². The second-order valence-electron chi connectivity index (χ2n) is 2.22. The molecule has 0 unspecified atom stereocenters. The topological polar surface area (TPSA) is 69.1 Å². The molecule has 0 heterocycles. The number of carbonyl (C=O) groups excluding carboxylic acids is 1. The van der Waals surface area contributed by atoms with Crippen molar-refractivity contribution in [1.29, 1.82) is 0 Å². The summed E-state index contributed by atoms with van der Waals surface area (Å²) in [5.74, 6) is -1.48. The van der Waals surface area contributed by atoms with E-state index >= 15 is 0 Å². The zero-order valence-corrected chi connectivity index (χ0v) is 6.73. The third-order valence-corrected chi connectivity index (χ3v) is 1.68. The normalized spacial score (nSPS) is 9.83. The predicted octanol–water partition coefficient (Wildman–Crippen LogP) is 1.16. The summed E-state index contributed by atoms with van der Waals surface area (Å²) in [6.45, 7) is 0. The highest BCUT2D eigenvalue weighted by atomic mass is 35.5. The molecule has 5 heteroatoms. The molecule has 0 aromatic heterocycles. The van der Waals surface area contributed by atoms with Crippen molar-refractivity contribution in [2.75, 3.05) is 5.73 Å². The fourth-order valence-corrected chi connectivity index (χ4v) is 0.934. The number of halogens is 2. The first kappa shape index (κ1) is 8.80. The van der Waals surface area contributed by atoms with E-state index in [1.165, 1.54) is 6.07 Å². The Bertz CT molecular complexity index is 317. The Morgan fingerprint density at radius 3 is 2.50 bits per heavy atom. The molecule has 0 spiro atoms. The van der Waals surface area contributed by atoms with Crippen molar-refractivity contribution in [3.05, 3.63) is 28.5 Å². The standard InChI is InChI=1S/C7H6ClFN2O/c8-4-1-3(7(11)12)2-5(9)6(4)10/h1-2H,10H2,(H2,11,12). The molecule has 4 N–H and O–H groups in total. The van der Waals surface area contributed by atoms with Crippen LogP contribution in [0, 0.1) is 5.82 Å². The molecule has 0 radical (unpaired) electrons. The fraction of sp³-hybridized carbons (Fsp3) is 0. The number of nitrogen functional groups attached to an aromatic ring is 1. The van der Waals surface area contributed by atoms with Gasteiger partial charge in [-0.2, -0.15) is 0 Å². The van der Waals surface area contributed by atoms with Crippen LogP contribution in [0.5, 0.6) is 0 Å². The molecule has 0 atom stereocenters. The van der Waals surface area contributed by atoms with Crippen LogP contribution < -0.4 is 11.5 Å². The molecule has 0 bridgehead atoms. The Hall–Kier alpha value is -1.29. The van der Waals surface area contributed by atoms with Crippen LogP contribution in [-0.2, 0) is 0 Å². The zero-order chi connectivity index (χ0) is 9.30. The first-order chi connectivity index (χ1) is 5.52. The first-order valence-corrected chi connectivity index (χ1v) is 3.44. The molecule has 3 nitrogen and oxygen atoms in total. The summed E-state index contributed by atoms with van der Waals surface area (Å²) in [5.41, 5.74) is 9.92. The molecule has 12 heavy (non-hydrogen) atoms. The maximum Gasteiger partial charge on any atom is 0.248 e. The molecule has 1 aromatic rings. The van der Waals surface area contributed by atoms with Gasteiger partial charge in [0.2, 0.25) is 5.91 Å². The number of hydrogen-bond acceptors (Lipinski definition) is 2. The molecule has 0 saturated carbocycles. The van der Waals surface area contributed by atoms with E-state index in [9.17, 15) is 9.18 Å². The SMILES string of the molecule is NC(=O)c1cc(F)c(N)c(Cl)c1. The molecule has 0 saturated heterocycles. The minimum Gasteiger partial charge on any atom is -0.395 e. The summed E-state index contributed by atoms with van der Waals surface area (Å²) >= 11 is 5.49. The summed E-state index contributed by atoms with van der Waals surface area (Å²) in [6.07, 6.45) is 0. The maximum atomic E-state index is 12.8. The van der Waals surface area contributed by atoms with Crippen molar-refractivity contribution in [3.63, 3.8) is 0 Å². The van der Waals surface area contributed by atoms with E-state index < -0.39 is 11.7 Å². The second-order valence-corrected chi connectivity index (χ2v) is 2.63. The Balaban J connectivity index is 3.31. The Morgan fingerprint density at radius 2 is 2.08 bits per heavy atom. The molecular formula is C7H6ClFN2O. The smallest absolute Gasteiger partial charge is 0.248 e. The minimum absolute atomic E-state index is 0.00620. The number of rotatable bonds is 1. The zero-order valence-electron chi connectivity index (χ0n) is 5.97. The molecule has 0 aliphatic heterocycles. The predicted molar refractivity (Wildman–Crippen MR) is 44.3 cm³/mol. The number of nitrogens with two attached hydrogens (primary N) is 2. The highest BCUT2D eigenvalue weighted by Crippen LogP contribution is 2.23. The van der Waals surface area contributed by atoms with Gasteiger partial charge in [-0.3, -0.25) is 4.79 Å². The van der Waals surface area contributed by atoms with Crippen molar-refractivity contribution < 1.29 is 9.18 Å². The van der Waals surface area contributed by atoms with Gasteiger partial charge in [-0.25, -0.2) is 4.39 Å². The third-order valence-electron chi connectivity index (χ3n) is 1.36. The van der Waals surface area contributed by atoms with E-state index in [1.807, 2.05) is 0 Å². The van der Waals surface area contributed by atoms with Gasteiger partial charge in [0.05, 0.1) is 10.7 Å². The number of anilines is 1. The third kappa shape index (κ3) is 1.48. The lowest BCUT2D eigenvalue weighted by molar-refractivity contribution is 0.1000. The number of amides is 1. The highest BCUT2D eigenvalue weighted by molar-refractivity contribution is 6.33. The minimum atomic E-state index is -0.740. The van der Waals surface area contributed by atoms with Crippen molar-refractivity contribution in [1.82, 2.24) is 0 Å². The fourth-order valence-electron chi connectivity index (χ4n) is 0.727. The van der Waals surface area contributed by atoms with Crippen LogP contribution in [0.15, 0.2) is 12.1 Å². The molecule has 1 aromatic carbocycles. The Morgan fingerprint density at radius 1 is 1.50 bits per heavy atom. The van der Waals surface area contributed by atoms with Gasteiger partial charge in [-0.1, -0.05) is 11.6 Å². The van der Waals surface area contributed by atoms with E-state index in [4.69, 9.17) is 23.1 Å². The van der Waals surface area contributed by atoms with Gasteiger partial charge >= 0.3 is 0 Å². The van der Waals surface area contributed by atoms with E-state index in [-0.39, 0.29) is 16.3 Å². The molecule has 0 fully saturated rings. The Labute approximate surface area is 73.1 Å². The monoisotopic (exact) mass is 188 g/mol. The molecule has 1 amide bonds. The van der Waals surface area contributed by atoms with E-state index in [1.54, 1.807) is 0 Å². The Kier molecular flexibility index (Phi) is 2.19. The lowest BCUT2D eigenvalue weighted by Gasteiger charge is -2.01. The van der Waals surface area contributed by atoms with Gasteiger partial charge in [0.25, 0.3) is 0 Å². The first-order valence-electron chi connectivity index (χ1n) is 3.06. The van der Waals surface area contributed by atoms with Crippen LogP contribution in [0.2, 0.25) is 5.02 Å². The molecule has 0 aliphatic carbocycles. The largest absolute Gasteiger partial charge is 0.395 e. The lowest BCUT2D eigenvalue weighted by atomic mass is 10.2. The van der Waals surface area contributed by atoms with Crippen LogP contribution in [0.25, 0.3) is 0 Å². The average Bonchev–Trinajstić information content (AvgIpc) is 1.99. The van der Waals surface area contributed by atoms with E-state index in [0.717, 1.165) is 6.07 Å². The lowest BCUT2D eigenvalue weighted by Crippen LogP contribution is -2.11. The van der Waals surface area contributed by atoms with Crippen molar-refractivity contribution in [2.45, 2.75) is 0 Å². The van der Waals surface area contributed by atoms with Gasteiger partial charge in [0.15, 0.2) is 0 Å². The van der Waals surface area contributed by atoms with E-state index in [2.05, 4.69) is 0 Å². The van der Waals surface area contributed by atoms with Gasteiger partial charge in [0.1, 0.15) is 5.82 Å². The number of benzene rings is 1. The second kappa shape index (κ2) is 2.98. The molecule has 0 aliphatic rings. The maximum absolute atomic E-state index is 12.8. The van der Waals surface area contributed by atoms with Crippen LogP contribution >= 0.6 is 11.6 Å². The van der Waals surface area contributed by atoms with Crippen molar-refractivity contribution in [2.24, 2.45) is 5.73 Å². The van der Waals surface area contributed by atoms with Gasteiger partial charge in [0, 0.05) is 5.56 Å². The van der Waals surface area contributed by atoms with Crippen LogP contribution in [-0.4, -0.2) is 5.91 Å². The summed E-state index contributed by atoms with van der Waals surface area (Å²) in [7, 11) is 0. The average molecular weight is 189 g/mol. The van der Waals surface area contributed by atoms with Gasteiger partial charge in [-0.15, -0.1) is 0 Å². The van der Waals surface area contributed by atoms with Gasteiger partial charge in [-0.05, 0) is 12.1 Å². The number of primary amides is 1.